The monoisotopic (exact) mass is 291 g/mol. The van der Waals surface area contributed by atoms with Crippen LogP contribution in [0.25, 0.3) is 0 Å². The second-order valence-electron chi connectivity index (χ2n) is 5.23. The fourth-order valence-corrected chi connectivity index (χ4v) is 2.35. The number of benzene rings is 1. The van der Waals surface area contributed by atoms with E-state index in [-0.39, 0.29) is 12.5 Å². The van der Waals surface area contributed by atoms with E-state index >= 15 is 0 Å². The molecule has 21 heavy (non-hydrogen) atoms. The summed E-state index contributed by atoms with van der Waals surface area (Å²) in [5, 5.41) is 6.16. The summed E-state index contributed by atoms with van der Waals surface area (Å²) in [4.78, 5) is 22.6. The molecule has 1 fully saturated rings. The van der Waals surface area contributed by atoms with Gasteiger partial charge in [0.25, 0.3) is 5.91 Å². The van der Waals surface area contributed by atoms with Crippen LogP contribution < -0.4 is 21.1 Å². The molecular weight excluding hydrogens is 270 g/mol. The third kappa shape index (κ3) is 5.43. The summed E-state index contributed by atoms with van der Waals surface area (Å²) < 4.78 is 5.15. The first kappa shape index (κ1) is 15.3. The molecule has 1 saturated heterocycles. The van der Waals surface area contributed by atoms with Crippen molar-refractivity contribution >= 4 is 17.5 Å². The number of piperidine rings is 1. The first-order chi connectivity index (χ1) is 10.1. The molecule has 0 atom stereocenters. The molecule has 0 saturated carbocycles. The van der Waals surface area contributed by atoms with Crippen LogP contribution in [0.4, 0.5) is 5.69 Å². The average Bonchev–Trinajstić information content (AvgIpc) is 2.47. The van der Waals surface area contributed by atoms with Gasteiger partial charge < -0.3 is 21.1 Å². The normalized spacial score (nSPS) is 15.4. The molecule has 1 aliphatic heterocycles. The molecule has 2 rings (SSSR count). The van der Waals surface area contributed by atoms with Gasteiger partial charge in [-0.2, -0.15) is 0 Å². The molecule has 1 aliphatic rings. The number of nitrogens with one attached hydrogen (secondary N) is 2. The van der Waals surface area contributed by atoms with Crippen LogP contribution in [-0.4, -0.2) is 31.5 Å². The second kappa shape index (κ2) is 7.64. The topological polar surface area (TPSA) is 93.5 Å². The van der Waals surface area contributed by atoms with E-state index in [0.29, 0.717) is 18.1 Å². The molecule has 4 N–H and O–H groups in total. The van der Waals surface area contributed by atoms with Crippen molar-refractivity contribution < 1.29 is 14.3 Å². The zero-order valence-electron chi connectivity index (χ0n) is 11.9. The molecule has 114 valence electrons. The fourth-order valence-electron chi connectivity index (χ4n) is 2.35. The highest BCUT2D eigenvalue weighted by atomic mass is 16.5. The summed E-state index contributed by atoms with van der Waals surface area (Å²) in [5.41, 5.74) is 5.72. The van der Waals surface area contributed by atoms with Gasteiger partial charge in [-0.05, 0) is 56.1 Å². The van der Waals surface area contributed by atoms with Gasteiger partial charge in [0.1, 0.15) is 5.75 Å². The van der Waals surface area contributed by atoms with Crippen molar-refractivity contribution in [1.29, 1.82) is 0 Å². The quantitative estimate of drug-likeness (QED) is 0.725. The number of hydrogen-bond acceptors (Lipinski definition) is 4. The first-order valence-electron chi connectivity index (χ1n) is 7.15. The molecular formula is C15H21N3O3. The van der Waals surface area contributed by atoms with Gasteiger partial charge >= 0.3 is 0 Å². The zero-order valence-corrected chi connectivity index (χ0v) is 11.9. The molecule has 1 aromatic carbocycles. The summed E-state index contributed by atoms with van der Waals surface area (Å²) in [6.45, 7) is 1.83. The molecule has 1 aromatic rings. The van der Waals surface area contributed by atoms with Crippen LogP contribution in [0.2, 0.25) is 0 Å². The third-order valence-electron chi connectivity index (χ3n) is 3.45. The Balaban J connectivity index is 1.79. The zero-order chi connectivity index (χ0) is 15.1. The van der Waals surface area contributed by atoms with E-state index in [0.717, 1.165) is 31.6 Å². The number of carbonyl (C=O) groups excluding carboxylic acids is 2. The number of nitrogens with two attached hydrogens (primary N) is 1. The van der Waals surface area contributed by atoms with Gasteiger partial charge in [0.15, 0.2) is 6.61 Å². The number of amides is 2. The predicted molar refractivity (Wildman–Crippen MR) is 80.0 cm³/mol. The van der Waals surface area contributed by atoms with Crippen LogP contribution in [0, 0.1) is 5.92 Å². The van der Waals surface area contributed by atoms with E-state index in [1.165, 1.54) is 0 Å². The van der Waals surface area contributed by atoms with E-state index < -0.39 is 5.91 Å². The Bertz CT molecular complexity index is 481. The summed E-state index contributed by atoms with van der Waals surface area (Å²) in [6.07, 6.45) is 2.65. The molecule has 0 bridgehead atoms. The standard InChI is InChI=1S/C15H21N3O3/c16-14(19)10-21-13-3-1-12(2-4-13)18-15(20)9-11-5-7-17-8-6-11/h1-4,11,17H,5-10H2,(H2,16,19)(H,18,20). The van der Waals surface area contributed by atoms with Crippen molar-refractivity contribution in [3.63, 3.8) is 0 Å². The molecule has 0 radical (unpaired) electrons. The summed E-state index contributed by atoms with van der Waals surface area (Å²) >= 11 is 0. The van der Waals surface area contributed by atoms with Crippen LogP contribution in [0.3, 0.4) is 0 Å². The average molecular weight is 291 g/mol. The molecule has 0 unspecified atom stereocenters. The Morgan fingerprint density at radius 3 is 2.52 bits per heavy atom. The van der Waals surface area contributed by atoms with Crippen molar-refractivity contribution in [2.75, 3.05) is 25.0 Å². The number of anilines is 1. The van der Waals surface area contributed by atoms with Crippen LogP contribution in [0.5, 0.6) is 5.75 Å². The van der Waals surface area contributed by atoms with Crippen LogP contribution in [0.1, 0.15) is 19.3 Å². The van der Waals surface area contributed by atoms with Crippen molar-refractivity contribution in [2.24, 2.45) is 11.7 Å². The van der Waals surface area contributed by atoms with E-state index in [4.69, 9.17) is 10.5 Å². The first-order valence-corrected chi connectivity index (χ1v) is 7.15. The van der Waals surface area contributed by atoms with E-state index in [9.17, 15) is 9.59 Å². The van der Waals surface area contributed by atoms with Crippen molar-refractivity contribution in [2.45, 2.75) is 19.3 Å². The molecule has 1 heterocycles. The highest BCUT2D eigenvalue weighted by molar-refractivity contribution is 5.90. The van der Waals surface area contributed by atoms with Gasteiger partial charge in [-0.25, -0.2) is 0 Å². The Labute approximate surface area is 124 Å². The molecule has 6 nitrogen and oxygen atoms in total. The van der Waals surface area contributed by atoms with Gasteiger partial charge in [0.05, 0.1) is 0 Å². The second-order valence-corrected chi connectivity index (χ2v) is 5.23. The Hall–Kier alpha value is -2.08. The van der Waals surface area contributed by atoms with Crippen molar-refractivity contribution in [3.8, 4) is 5.75 Å². The maximum atomic E-state index is 12.0. The van der Waals surface area contributed by atoms with E-state index in [1.54, 1.807) is 24.3 Å². The Morgan fingerprint density at radius 2 is 1.90 bits per heavy atom. The van der Waals surface area contributed by atoms with Crippen LogP contribution in [0.15, 0.2) is 24.3 Å². The van der Waals surface area contributed by atoms with E-state index in [2.05, 4.69) is 10.6 Å². The number of ether oxygens (including phenoxy) is 1. The van der Waals surface area contributed by atoms with Gasteiger partial charge in [-0.3, -0.25) is 9.59 Å². The maximum Gasteiger partial charge on any atom is 0.255 e. The van der Waals surface area contributed by atoms with Crippen LogP contribution >= 0.6 is 0 Å². The smallest absolute Gasteiger partial charge is 0.255 e. The number of primary amides is 1. The fraction of sp³-hybridized carbons (Fsp3) is 0.467. The third-order valence-corrected chi connectivity index (χ3v) is 3.45. The molecule has 0 spiro atoms. The molecule has 6 heteroatoms. The summed E-state index contributed by atoms with van der Waals surface area (Å²) in [6, 6.07) is 6.89. The van der Waals surface area contributed by atoms with Gasteiger partial charge in [0, 0.05) is 12.1 Å². The lowest BCUT2D eigenvalue weighted by molar-refractivity contribution is -0.120. The minimum absolute atomic E-state index is 0.0349. The van der Waals surface area contributed by atoms with Gasteiger partial charge in [-0.1, -0.05) is 0 Å². The lowest BCUT2D eigenvalue weighted by Gasteiger charge is -2.21. The molecule has 0 aromatic heterocycles. The van der Waals surface area contributed by atoms with Gasteiger partial charge in [0.2, 0.25) is 5.91 Å². The number of rotatable bonds is 6. The number of carbonyl (C=O) groups is 2. The Morgan fingerprint density at radius 1 is 1.24 bits per heavy atom. The maximum absolute atomic E-state index is 12.0. The van der Waals surface area contributed by atoms with Gasteiger partial charge in [-0.15, -0.1) is 0 Å². The molecule has 2 amide bonds. The summed E-state index contributed by atoms with van der Waals surface area (Å²) in [7, 11) is 0. The Kier molecular flexibility index (Phi) is 5.57. The largest absolute Gasteiger partial charge is 0.484 e. The van der Waals surface area contributed by atoms with Crippen molar-refractivity contribution in [3.05, 3.63) is 24.3 Å². The number of hydrogen-bond donors (Lipinski definition) is 3. The highest BCUT2D eigenvalue weighted by Gasteiger charge is 2.16. The minimum atomic E-state index is -0.519. The summed E-state index contributed by atoms with van der Waals surface area (Å²) in [5.74, 6) is 0.525. The lowest BCUT2D eigenvalue weighted by Crippen LogP contribution is -2.30. The SMILES string of the molecule is NC(=O)COc1ccc(NC(=O)CC2CCNCC2)cc1. The lowest BCUT2D eigenvalue weighted by atomic mass is 9.94. The van der Waals surface area contributed by atoms with Crippen molar-refractivity contribution in [1.82, 2.24) is 5.32 Å². The van der Waals surface area contributed by atoms with E-state index in [1.807, 2.05) is 0 Å². The minimum Gasteiger partial charge on any atom is -0.484 e. The van der Waals surface area contributed by atoms with Crippen LogP contribution in [-0.2, 0) is 9.59 Å². The molecule has 0 aliphatic carbocycles. The predicted octanol–water partition coefficient (Wildman–Crippen LogP) is 0.879. The highest BCUT2D eigenvalue weighted by Crippen LogP contribution is 2.19.